The van der Waals surface area contributed by atoms with E-state index in [1.54, 1.807) is 0 Å². The average Bonchev–Trinajstić information content (AvgIpc) is 2.47. The average molecular weight is 312 g/mol. The van der Waals surface area contributed by atoms with Gasteiger partial charge in [-0.15, -0.1) is 0 Å². The highest BCUT2D eigenvalue weighted by atomic mass is 16.4. The highest BCUT2D eigenvalue weighted by Crippen LogP contribution is 2.10. The summed E-state index contributed by atoms with van der Waals surface area (Å²) in [7, 11) is 0. The molecule has 0 amide bonds. The van der Waals surface area contributed by atoms with E-state index in [2.05, 4.69) is 13.0 Å². The number of aliphatic carboxylic acids is 1. The van der Waals surface area contributed by atoms with Crippen LogP contribution in [0.25, 0.3) is 0 Å². The first kappa shape index (κ1) is 20.9. The maximum atomic E-state index is 10.3. The van der Waals surface area contributed by atoms with Gasteiger partial charge in [-0.1, -0.05) is 31.2 Å². The number of hydrogen-bond donors (Lipinski definition) is 3. The van der Waals surface area contributed by atoms with E-state index in [-0.39, 0.29) is 18.6 Å². The Bertz CT molecular complexity index is 323. The van der Waals surface area contributed by atoms with Crippen molar-refractivity contribution in [3.05, 3.63) is 24.3 Å². The van der Waals surface area contributed by atoms with E-state index in [0.29, 0.717) is 32.1 Å². The largest absolute Gasteiger partial charge is 0.481 e. The molecule has 22 heavy (non-hydrogen) atoms. The number of rotatable bonds is 14. The Labute approximate surface area is 134 Å². The summed E-state index contributed by atoms with van der Waals surface area (Å²) in [5.41, 5.74) is 0. The standard InChI is InChI=1S/C18H32O4/c1-2-3-8-11-16(19)14-15-17(20)12-9-6-4-5-7-10-13-18(21)22/h3-4,6,8,16-17,19-20H,2,5,7,9-15H2,1H3,(H,21,22)/b6-4-,8-3-. The molecule has 0 saturated carbocycles. The fraction of sp³-hybridized carbons (Fsp3) is 0.722. The van der Waals surface area contributed by atoms with Crippen LogP contribution >= 0.6 is 0 Å². The van der Waals surface area contributed by atoms with Gasteiger partial charge in [-0.05, 0) is 57.8 Å². The second kappa shape index (κ2) is 14.8. The molecule has 0 rings (SSSR count). The molecule has 0 aromatic rings. The molecule has 0 spiro atoms. The van der Waals surface area contributed by atoms with Crippen LogP contribution in [0, 0.1) is 0 Å². The van der Waals surface area contributed by atoms with Crippen molar-refractivity contribution in [3.8, 4) is 0 Å². The van der Waals surface area contributed by atoms with Crippen molar-refractivity contribution in [1.82, 2.24) is 0 Å². The Morgan fingerprint density at radius 1 is 0.909 bits per heavy atom. The molecule has 0 saturated heterocycles. The van der Waals surface area contributed by atoms with Crippen LogP contribution in [0.15, 0.2) is 24.3 Å². The summed E-state index contributed by atoms with van der Waals surface area (Å²) in [4.78, 5) is 10.3. The Kier molecular flexibility index (Phi) is 14.0. The molecule has 2 atom stereocenters. The Hall–Kier alpha value is -1.13. The number of hydrogen-bond acceptors (Lipinski definition) is 3. The van der Waals surface area contributed by atoms with Crippen LogP contribution in [-0.2, 0) is 4.79 Å². The van der Waals surface area contributed by atoms with Crippen LogP contribution in [0.1, 0.15) is 71.1 Å². The molecule has 0 radical (unpaired) electrons. The van der Waals surface area contributed by atoms with Crippen LogP contribution < -0.4 is 0 Å². The molecule has 0 aliphatic carbocycles. The van der Waals surface area contributed by atoms with E-state index < -0.39 is 5.97 Å². The lowest BCUT2D eigenvalue weighted by Crippen LogP contribution is -2.12. The monoisotopic (exact) mass is 312 g/mol. The van der Waals surface area contributed by atoms with E-state index in [4.69, 9.17) is 5.11 Å². The summed E-state index contributed by atoms with van der Waals surface area (Å²) in [6.07, 6.45) is 14.6. The van der Waals surface area contributed by atoms with Gasteiger partial charge in [0.2, 0.25) is 0 Å². The van der Waals surface area contributed by atoms with Crippen LogP contribution in [0.2, 0.25) is 0 Å². The molecule has 0 aliphatic rings. The molecular weight excluding hydrogens is 280 g/mol. The maximum absolute atomic E-state index is 10.3. The first-order valence-electron chi connectivity index (χ1n) is 8.44. The van der Waals surface area contributed by atoms with Gasteiger partial charge in [0.1, 0.15) is 0 Å². The molecule has 0 fully saturated rings. The van der Waals surface area contributed by atoms with Crippen molar-refractivity contribution < 1.29 is 20.1 Å². The van der Waals surface area contributed by atoms with E-state index in [9.17, 15) is 15.0 Å². The van der Waals surface area contributed by atoms with Crippen molar-refractivity contribution >= 4 is 5.97 Å². The molecule has 128 valence electrons. The van der Waals surface area contributed by atoms with E-state index in [1.807, 2.05) is 18.2 Å². The van der Waals surface area contributed by atoms with Crippen LogP contribution in [0.3, 0.4) is 0 Å². The van der Waals surface area contributed by atoms with Crippen molar-refractivity contribution in [2.24, 2.45) is 0 Å². The predicted molar refractivity (Wildman–Crippen MR) is 89.8 cm³/mol. The zero-order valence-electron chi connectivity index (χ0n) is 13.8. The lowest BCUT2D eigenvalue weighted by molar-refractivity contribution is -0.137. The molecule has 0 aliphatic heterocycles. The molecule has 0 aromatic heterocycles. The van der Waals surface area contributed by atoms with Gasteiger partial charge < -0.3 is 15.3 Å². The highest BCUT2D eigenvalue weighted by molar-refractivity contribution is 5.66. The van der Waals surface area contributed by atoms with Crippen molar-refractivity contribution in [1.29, 1.82) is 0 Å². The number of carboxylic acids is 1. The van der Waals surface area contributed by atoms with Gasteiger partial charge in [-0.2, -0.15) is 0 Å². The number of carbonyl (C=O) groups is 1. The molecule has 4 heteroatoms. The van der Waals surface area contributed by atoms with E-state index in [1.165, 1.54) is 0 Å². The second-order valence-electron chi connectivity index (χ2n) is 5.69. The second-order valence-corrected chi connectivity index (χ2v) is 5.69. The Morgan fingerprint density at radius 3 is 2.27 bits per heavy atom. The van der Waals surface area contributed by atoms with Gasteiger partial charge in [0.15, 0.2) is 0 Å². The van der Waals surface area contributed by atoms with Gasteiger partial charge in [-0.3, -0.25) is 4.79 Å². The zero-order valence-corrected chi connectivity index (χ0v) is 13.8. The Balaban J connectivity index is 3.50. The number of unbranched alkanes of at least 4 members (excludes halogenated alkanes) is 2. The molecule has 3 N–H and O–H groups in total. The van der Waals surface area contributed by atoms with Gasteiger partial charge >= 0.3 is 5.97 Å². The van der Waals surface area contributed by atoms with Gasteiger partial charge in [0.25, 0.3) is 0 Å². The quantitative estimate of drug-likeness (QED) is 0.336. The lowest BCUT2D eigenvalue weighted by Gasteiger charge is -2.12. The van der Waals surface area contributed by atoms with Crippen LogP contribution in [0.5, 0.6) is 0 Å². The SMILES string of the molecule is CC/C=C\CC(O)CCC(O)CC/C=C\CCCCC(=O)O. The summed E-state index contributed by atoms with van der Waals surface area (Å²) < 4.78 is 0. The first-order chi connectivity index (χ1) is 10.6. The molecule has 0 heterocycles. The molecular formula is C18H32O4. The van der Waals surface area contributed by atoms with Crippen LogP contribution in [0.4, 0.5) is 0 Å². The maximum Gasteiger partial charge on any atom is 0.303 e. The number of aliphatic hydroxyl groups is 2. The van der Waals surface area contributed by atoms with Crippen molar-refractivity contribution in [2.45, 2.75) is 83.3 Å². The van der Waals surface area contributed by atoms with Crippen molar-refractivity contribution in [3.63, 3.8) is 0 Å². The Morgan fingerprint density at radius 2 is 1.59 bits per heavy atom. The van der Waals surface area contributed by atoms with Gasteiger partial charge in [0.05, 0.1) is 12.2 Å². The normalized spacial score (nSPS) is 14.7. The summed E-state index contributed by atoms with van der Waals surface area (Å²) in [5, 5.41) is 28.1. The lowest BCUT2D eigenvalue weighted by atomic mass is 10.0. The third-order valence-corrected chi connectivity index (χ3v) is 3.49. The van der Waals surface area contributed by atoms with Crippen LogP contribution in [-0.4, -0.2) is 33.5 Å². The van der Waals surface area contributed by atoms with Crippen molar-refractivity contribution in [2.75, 3.05) is 0 Å². The third kappa shape index (κ3) is 15.3. The molecule has 2 unspecified atom stereocenters. The topological polar surface area (TPSA) is 77.8 Å². The minimum absolute atomic E-state index is 0.238. The van der Waals surface area contributed by atoms with Gasteiger partial charge in [-0.25, -0.2) is 0 Å². The predicted octanol–water partition coefficient (Wildman–Crippen LogP) is 3.83. The minimum Gasteiger partial charge on any atom is -0.481 e. The van der Waals surface area contributed by atoms with E-state index in [0.717, 1.165) is 25.7 Å². The zero-order chi connectivity index (χ0) is 16.6. The summed E-state index contributed by atoms with van der Waals surface area (Å²) in [5.74, 6) is -0.737. The smallest absolute Gasteiger partial charge is 0.303 e. The fourth-order valence-electron chi connectivity index (χ4n) is 2.13. The number of aliphatic hydroxyl groups excluding tert-OH is 2. The molecule has 4 nitrogen and oxygen atoms in total. The summed E-state index contributed by atoms with van der Waals surface area (Å²) >= 11 is 0. The molecule has 0 bridgehead atoms. The van der Waals surface area contributed by atoms with Gasteiger partial charge in [0, 0.05) is 6.42 Å². The number of carboxylic acid groups (broad SMARTS) is 1. The third-order valence-electron chi connectivity index (χ3n) is 3.49. The number of allylic oxidation sites excluding steroid dienone is 3. The fourth-order valence-corrected chi connectivity index (χ4v) is 2.13. The van der Waals surface area contributed by atoms with E-state index >= 15 is 0 Å². The summed E-state index contributed by atoms with van der Waals surface area (Å²) in [6.45, 7) is 2.06. The first-order valence-corrected chi connectivity index (χ1v) is 8.44. The molecule has 0 aromatic carbocycles. The highest BCUT2D eigenvalue weighted by Gasteiger charge is 2.07. The summed E-state index contributed by atoms with van der Waals surface area (Å²) in [6, 6.07) is 0. The minimum atomic E-state index is -0.737.